The second-order valence-electron chi connectivity index (χ2n) is 8.82. The highest BCUT2D eigenvalue weighted by Gasteiger charge is 2.32. The van der Waals surface area contributed by atoms with Crippen LogP contribution in [0.5, 0.6) is 0 Å². The number of nitrogens with two attached hydrogens (primary N) is 1. The zero-order chi connectivity index (χ0) is 24.1. The average molecular weight is 466 g/mol. The van der Waals surface area contributed by atoms with Gasteiger partial charge < -0.3 is 15.8 Å². The molecule has 0 aromatic heterocycles. The van der Waals surface area contributed by atoms with Gasteiger partial charge in [-0.1, -0.05) is 36.4 Å². The van der Waals surface area contributed by atoms with Crippen molar-refractivity contribution in [2.45, 2.75) is 19.6 Å². The van der Waals surface area contributed by atoms with Gasteiger partial charge in [-0.25, -0.2) is 4.79 Å². The predicted octanol–water partition coefficient (Wildman–Crippen LogP) is 1.42. The summed E-state index contributed by atoms with van der Waals surface area (Å²) in [6.45, 7) is 6.90. The number of hydrogen-bond donors (Lipinski definition) is 2. The number of amides is 3. The van der Waals surface area contributed by atoms with E-state index in [0.717, 1.165) is 49.5 Å². The molecule has 9 heteroatoms. The molecule has 3 N–H and O–H groups in total. The number of nitrogens with one attached hydrogen (secondary N) is 1. The Morgan fingerprint density at radius 2 is 1.56 bits per heavy atom. The molecular weight excluding hydrogens is 434 g/mol. The topological polar surface area (TPSA) is 108 Å². The molecule has 0 saturated carbocycles. The normalized spacial score (nSPS) is 19.1. The molecule has 4 rings (SSSR count). The largest absolute Gasteiger partial charge is 0.442 e. The van der Waals surface area contributed by atoms with Gasteiger partial charge in [-0.3, -0.25) is 24.3 Å². The summed E-state index contributed by atoms with van der Waals surface area (Å²) in [6.07, 6.45) is -0.752. The van der Waals surface area contributed by atoms with Crippen LogP contribution in [0.15, 0.2) is 48.5 Å². The summed E-state index contributed by atoms with van der Waals surface area (Å²) >= 11 is 0. The van der Waals surface area contributed by atoms with Crippen molar-refractivity contribution in [2.75, 3.05) is 50.7 Å². The Hall–Kier alpha value is -3.43. The van der Waals surface area contributed by atoms with Crippen molar-refractivity contribution in [3.05, 3.63) is 54.1 Å². The molecule has 2 aliphatic rings. The van der Waals surface area contributed by atoms with Crippen LogP contribution >= 0.6 is 0 Å². The number of primary amides is 1. The molecule has 0 spiro atoms. The van der Waals surface area contributed by atoms with Crippen molar-refractivity contribution < 1.29 is 19.1 Å². The molecular formula is C25H31N5O4. The third-order valence-corrected chi connectivity index (χ3v) is 6.17. The minimum Gasteiger partial charge on any atom is -0.442 e. The van der Waals surface area contributed by atoms with Crippen LogP contribution in [0.4, 0.5) is 10.5 Å². The quantitative estimate of drug-likeness (QED) is 0.611. The number of nitrogens with zero attached hydrogens (tertiary/aromatic N) is 3. The van der Waals surface area contributed by atoms with E-state index >= 15 is 0 Å². The number of carbonyl (C=O) groups is 3. The molecule has 3 amide bonds. The number of rotatable bonds is 8. The van der Waals surface area contributed by atoms with E-state index in [1.54, 1.807) is 4.90 Å². The van der Waals surface area contributed by atoms with E-state index in [9.17, 15) is 14.4 Å². The Balaban J connectivity index is 1.31. The van der Waals surface area contributed by atoms with Gasteiger partial charge >= 0.3 is 6.09 Å². The molecule has 0 bridgehead atoms. The van der Waals surface area contributed by atoms with E-state index in [1.165, 1.54) is 12.5 Å². The maximum Gasteiger partial charge on any atom is 0.414 e. The molecule has 2 heterocycles. The van der Waals surface area contributed by atoms with E-state index in [0.29, 0.717) is 19.6 Å². The molecule has 1 atom stereocenters. The van der Waals surface area contributed by atoms with E-state index in [-0.39, 0.29) is 17.9 Å². The van der Waals surface area contributed by atoms with Crippen molar-refractivity contribution in [1.29, 1.82) is 0 Å². The molecule has 2 aromatic rings. The van der Waals surface area contributed by atoms with Gasteiger partial charge in [0, 0.05) is 45.3 Å². The van der Waals surface area contributed by atoms with Crippen LogP contribution in [0.1, 0.15) is 12.5 Å². The lowest BCUT2D eigenvalue weighted by atomic mass is 10.0. The van der Waals surface area contributed by atoms with Gasteiger partial charge in [0.2, 0.25) is 11.8 Å². The van der Waals surface area contributed by atoms with Crippen LogP contribution in [0.2, 0.25) is 0 Å². The lowest BCUT2D eigenvalue weighted by Crippen LogP contribution is -2.48. The van der Waals surface area contributed by atoms with Crippen LogP contribution in [-0.2, 0) is 20.9 Å². The molecule has 0 aliphatic carbocycles. The highest BCUT2D eigenvalue weighted by molar-refractivity contribution is 5.90. The lowest BCUT2D eigenvalue weighted by Gasteiger charge is -2.34. The Labute approximate surface area is 199 Å². The summed E-state index contributed by atoms with van der Waals surface area (Å²) in [7, 11) is 0. The van der Waals surface area contributed by atoms with Crippen molar-refractivity contribution in [3.63, 3.8) is 0 Å². The molecule has 34 heavy (non-hydrogen) atoms. The fourth-order valence-corrected chi connectivity index (χ4v) is 4.32. The van der Waals surface area contributed by atoms with E-state index in [1.807, 2.05) is 24.3 Å². The number of cyclic esters (lactones) is 1. The number of piperazine rings is 1. The number of carbonyl (C=O) groups excluding carboxylic acids is 3. The van der Waals surface area contributed by atoms with Gasteiger partial charge in [0.15, 0.2) is 0 Å². The Morgan fingerprint density at radius 3 is 2.15 bits per heavy atom. The molecule has 2 aliphatic heterocycles. The van der Waals surface area contributed by atoms with Gasteiger partial charge in [-0.2, -0.15) is 0 Å². The fourth-order valence-electron chi connectivity index (χ4n) is 4.32. The van der Waals surface area contributed by atoms with E-state index in [4.69, 9.17) is 10.5 Å². The first-order valence-corrected chi connectivity index (χ1v) is 11.5. The molecule has 0 unspecified atom stereocenters. The second-order valence-corrected chi connectivity index (χ2v) is 8.82. The monoisotopic (exact) mass is 465 g/mol. The zero-order valence-corrected chi connectivity index (χ0v) is 19.4. The molecule has 2 aromatic carbocycles. The Bertz CT molecular complexity index is 1020. The highest BCUT2D eigenvalue weighted by Crippen LogP contribution is 2.26. The number of ether oxygens (including phenoxy) is 1. The van der Waals surface area contributed by atoms with Crippen molar-refractivity contribution in [3.8, 4) is 11.1 Å². The number of hydrogen-bond acceptors (Lipinski definition) is 6. The Kier molecular flexibility index (Phi) is 7.44. The van der Waals surface area contributed by atoms with Crippen LogP contribution in [0.3, 0.4) is 0 Å². The first kappa shape index (κ1) is 23.7. The summed E-state index contributed by atoms with van der Waals surface area (Å²) in [4.78, 5) is 40.4. The van der Waals surface area contributed by atoms with Crippen molar-refractivity contribution >= 4 is 23.6 Å². The number of benzene rings is 2. The van der Waals surface area contributed by atoms with E-state index in [2.05, 4.69) is 39.4 Å². The predicted molar refractivity (Wildman–Crippen MR) is 129 cm³/mol. The maximum absolute atomic E-state index is 12.2. The second kappa shape index (κ2) is 10.7. The summed E-state index contributed by atoms with van der Waals surface area (Å²) in [5.74, 6) is -0.420. The molecule has 9 nitrogen and oxygen atoms in total. The number of anilines is 1. The van der Waals surface area contributed by atoms with Gasteiger partial charge in [0.05, 0.1) is 19.6 Å². The van der Waals surface area contributed by atoms with Gasteiger partial charge in [0.25, 0.3) is 0 Å². The van der Waals surface area contributed by atoms with Gasteiger partial charge in [-0.05, 0) is 28.8 Å². The average Bonchev–Trinajstić information content (AvgIpc) is 3.20. The van der Waals surface area contributed by atoms with Crippen molar-refractivity contribution in [1.82, 2.24) is 15.1 Å². The fraction of sp³-hybridized carbons (Fsp3) is 0.400. The van der Waals surface area contributed by atoms with Gasteiger partial charge in [-0.15, -0.1) is 0 Å². The smallest absolute Gasteiger partial charge is 0.414 e. The highest BCUT2D eigenvalue weighted by atomic mass is 16.6. The van der Waals surface area contributed by atoms with Crippen molar-refractivity contribution in [2.24, 2.45) is 5.73 Å². The lowest BCUT2D eigenvalue weighted by molar-refractivity contribution is -0.120. The molecule has 2 fully saturated rings. The first-order chi connectivity index (χ1) is 16.4. The minimum atomic E-state index is -0.400. The van der Waals surface area contributed by atoms with Crippen LogP contribution in [0, 0.1) is 0 Å². The summed E-state index contributed by atoms with van der Waals surface area (Å²) < 4.78 is 5.34. The third kappa shape index (κ3) is 6.12. The van der Waals surface area contributed by atoms with Crippen LogP contribution in [0.25, 0.3) is 11.1 Å². The third-order valence-electron chi connectivity index (χ3n) is 6.17. The molecule has 180 valence electrons. The standard InChI is InChI=1S/C25H31N5O4/c1-18(31)27-14-23-16-30(25(33)34-23)22-8-6-21(7-9-22)20-4-2-19(3-5-20)15-28-10-12-29(13-11-28)17-24(26)32/h2-9,23H,10-17H2,1H3,(H2,26,32)(H,27,31)/t23-/m0/s1. The van der Waals surface area contributed by atoms with Crippen LogP contribution in [-0.4, -0.2) is 79.6 Å². The summed E-state index contributed by atoms with van der Waals surface area (Å²) in [6, 6.07) is 16.3. The SMILES string of the molecule is CC(=O)NC[C@H]1CN(c2ccc(-c3ccc(CN4CCN(CC(N)=O)CC4)cc3)cc2)C(=O)O1. The zero-order valence-electron chi connectivity index (χ0n) is 19.4. The molecule has 2 saturated heterocycles. The summed E-state index contributed by atoms with van der Waals surface area (Å²) in [5, 5.41) is 2.68. The summed E-state index contributed by atoms with van der Waals surface area (Å²) in [5.41, 5.74) is 9.47. The first-order valence-electron chi connectivity index (χ1n) is 11.5. The molecule has 0 radical (unpaired) electrons. The Morgan fingerprint density at radius 1 is 0.971 bits per heavy atom. The van der Waals surface area contributed by atoms with Gasteiger partial charge in [0.1, 0.15) is 6.10 Å². The van der Waals surface area contributed by atoms with E-state index < -0.39 is 6.09 Å². The van der Waals surface area contributed by atoms with Crippen LogP contribution < -0.4 is 16.0 Å². The minimum absolute atomic E-state index is 0.146. The maximum atomic E-state index is 12.2.